The number of rotatable bonds is 1. The van der Waals surface area contributed by atoms with E-state index in [1.807, 2.05) is 6.92 Å². The molecule has 0 radical (unpaired) electrons. The monoisotopic (exact) mass is 183 g/mol. The first-order chi connectivity index (χ1) is 5.63. The van der Waals surface area contributed by atoms with Crippen LogP contribution in [0.15, 0.2) is 18.3 Å². The number of nitrogens with zero attached hydrogens (tertiary/aromatic N) is 1. The van der Waals surface area contributed by atoms with Crippen molar-refractivity contribution < 1.29 is 5.11 Å². The van der Waals surface area contributed by atoms with E-state index in [1.165, 1.54) is 0 Å². The summed E-state index contributed by atoms with van der Waals surface area (Å²) in [5, 5.41) is 10.5. The fourth-order valence-electron chi connectivity index (χ4n) is 1.40. The van der Waals surface area contributed by atoms with Crippen LogP contribution in [-0.2, 0) is 5.60 Å². The van der Waals surface area contributed by atoms with Crippen LogP contribution < -0.4 is 0 Å². The van der Waals surface area contributed by atoms with Crippen LogP contribution in [0.4, 0.5) is 0 Å². The molecule has 1 N–H and O–H groups in total. The van der Waals surface area contributed by atoms with Gasteiger partial charge in [0.2, 0.25) is 0 Å². The van der Waals surface area contributed by atoms with Gasteiger partial charge in [-0.25, -0.2) is 0 Å². The fraction of sp³-hybridized carbons (Fsp3) is 0.444. The van der Waals surface area contributed by atoms with Gasteiger partial charge in [-0.3, -0.25) is 4.98 Å². The molecule has 12 heavy (non-hydrogen) atoms. The van der Waals surface area contributed by atoms with Crippen molar-refractivity contribution in [3.05, 3.63) is 29.0 Å². The highest BCUT2D eigenvalue weighted by molar-refractivity contribution is 6.30. The quantitative estimate of drug-likeness (QED) is 0.722. The number of hydrogen-bond donors (Lipinski definition) is 1. The van der Waals surface area contributed by atoms with E-state index in [1.54, 1.807) is 18.3 Å². The van der Waals surface area contributed by atoms with Crippen molar-refractivity contribution in [3.8, 4) is 0 Å². The molecule has 0 aromatic carbocycles. The van der Waals surface area contributed by atoms with Gasteiger partial charge in [0.1, 0.15) is 5.60 Å². The Morgan fingerprint density at radius 2 is 2.33 bits per heavy atom. The molecule has 0 bridgehead atoms. The third-order valence-corrected chi connectivity index (χ3v) is 2.67. The van der Waals surface area contributed by atoms with Gasteiger partial charge in [-0.05, 0) is 24.5 Å². The van der Waals surface area contributed by atoms with E-state index in [9.17, 15) is 5.11 Å². The largest absolute Gasteiger partial charge is 0.383 e. The number of hydrogen-bond acceptors (Lipinski definition) is 2. The molecule has 1 aliphatic carbocycles. The summed E-state index contributed by atoms with van der Waals surface area (Å²) < 4.78 is 0. The van der Waals surface area contributed by atoms with Crippen LogP contribution in [0.1, 0.15) is 19.0 Å². The minimum absolute atomic E-state index is 0.325. The lowest BCUT2D eigenvalue weighted by molar-refractivity contribution is 0.130. The second-order valence-corrected chi connectivity index (χ2v) is 3.83. The van der Waals surface area contributed by atoms with Crippen molar-refractivity contribution in [1.82, 2.24) is 4.98 Å². The third-order valence-electron chi connectivity index (χ3n) is 2.44. The zero-order chi connectivity index (χ0) is 8.77. The maximum Gasteiger partial charge on any atom is 0.109 e. The highest BCUT2D eigenvalue weighted by Crippen LogP contribution is 2.50. The number of pyridine rings is 1. The molecule has 2 atom stereocenters. The Bertz CT molecular complexity index is 298. The van der Waals surface area contributed by atoms with E-state index in [-0.39, 0.29) is 0 Å². The van der Waals surface area contributed by atoms with Gasteiger partial charge in [0, 0.05) is 6.20 Å². The van der Waals surface area contributed by atoms with E-state index in [0.29, 0.717) is 10.9 Å². The van der Waals surface area contributed by atoms with Gasteiger partial charge in [-0.1, -0.05) is 18.5 Å². The van der Waals surface area contributed by atoms with Crippen LogP contribution in [0.3, 0.4) is 0 Å². The van der Waals surface area contributed by atoms with Gasteiger partial charge in [-0.2, -0.15) is 0 Å². The summed E-state index contributed by atoms with van der Waals surface area (Å²) in [7, 11) is 0. The summed E-state index contributed by atoms with van der Waals surface area (Å²) in [5.41, 5.74) is 0.0596. The zero-order valence-electron chi connectivity index (χ0n) is 6.79. The summed E-state index contributed by atoms with van der Waals surface area (Å²) in [4.78, 5) is 4.08. The smallest absolute Gasteiger partial charge is 0.109 e. The van der Waals surface area contributed by atoms with Crippen molar-refractivity contribution in [2.45, 2.75) is 18.9 Å². The number of halogens is 1. The fourth-order valence-corrected chi connectivity index (χ4v) is 1.51. The molecule has 2 unspecified atom stereocenters. The predicted octanol–water partition coefficient (Wildman–Crippen LogP) is 1.96. The molecule has 0 amide bonds. The number of aromatic nitrogens is 1. The Kier molecular flexibility index (Phi) is 1.63. The first kappa shape index (κ1) is 8.02. The van der Waals surface area contributed by atoms with Crippen LogP contribution in [-0.4, -0.2) is 10.1 Å². The van der Waals surface area contributed by atoms with Gasteiger partial charge in [0.05, 0.1) is 10.7 Å². The topological polar surface area (TPSA) is 33.1 Å². The Hall–Kier alpha value is -0.600. The first-order valence-electron chi connectivity index (χ1n) is 3.97. The van der Waals surface area contributed by atoms with Crippen molar-refractivity contribution >= 4 is 11.6 Å². The van der Waals surface area contributed by atoms with Gasteiger partial charge in [0.25, 0.3) is 0 Å². The Balaban J connectivity index is 2.31. The Morgan fingerprint density at radius 3 is 2.75 bits per heavy atom. The van der Waals surface area contributed by atoms with Crippen molar-refractivity contribution in [2.75, 3.05) is 0 Å². The summed E-state index contributed by atoms with van der Waals surface area (Å²) in [6.45, 7) is 2.01. The van der Waals surface area contributed by atoms with Crippen LogP contribution >= 0.6 is 11.6 Å². The van der Waals surface area contributed by atoms with Gasteiger partial charge in [-0.15, -0.1) is 0 Å². The van der Waals surface area contributed by atoms with Crippen molar-refractivity contribution in [1.29, 1.82) is 0 Å². The van der Waals surface area contributed by atoms with Crippen LogP contribution in [0.5, 0.6) is 0 Å². The van der Waals surface area contributed by atoms with E-state index < -0.39 is 5.60 Å². The standard InChI is InChI=1S/C9H10ClNO/c1-6-4-9(6,12)8-3-2-7(10)5-11-8/h2-3,5-6,12H,4H2,1H3. The van der Waals surface area contributed by atoms with Crippen LogP contribution in [0.2, 0.25) is 5.02 Å². The molecule has 1 aromatic rings. The van der Waals surface area contributed by atoms with Gasteiger partial charge >= 0.3 is 0 Å². The molecule has 2 rings (SSSR count). The minimum atomic E-state index is -0.676. The molecule has 0 aliphatic heterocycles. The van der Waals surface area contributed by atoms with Gasteiger partial charge in [0.15, 0.2) is 0 Å². The zero-order valence-corrected chi connectivity index (χ0v) is 7.54. The summed E-state index contributed by atoms with van der Waals surface area (Å²) >= 11 is 5.67. The van der Waals surface area contributed by atoms with Crippen molar-refractivity contribution in [3.63, 3.8) is 0 Å². The lowest BCUT2D eigenvalue weighted by Gasteiger charge is -2.07. The second kappa shape index (κ2) is 2.44. The summed E-state index contributed by atoms with van der Waals surface area (Å²) in [6, 6.07) is 3.54. The van der Waals surface area contributed by atoms with E-state index in [2.05, 4.69) is 4.98 Å². The molecule has 0 saturated heterocycles. The lowest BCUT2D eigenvalue weighted by Crippen LogP contribution is -2.09. The second-order valence-electron chi connectivity index (χ2n) is 3.39. The number of aliphatic hydroxyl groups is 1. The third kappa shape index (κ3) is 1.11. The molecule has 0 spiro atoms. The molecule has 1 fully saturated rings. The first-order valence-corrected chi connectivity index (χ1v) is 4.35. The molecule has 1 aliphatic rings. The van der Waals surface area contributed by atoms with Crippen molar-refractivity contribution in [2.24, 2.45) is 5.92 Å². The molecule has 2 nitrogen and oxygen atoms in total. The lowest BCUT2D eigenvalue weighted by atomic mass is 10.2. The molecular weight excluding hydrogens is 174 g/mol. The van der Waals surface area contributed by atoms with E-state index >= 15 is 0 Å². The molecule has 3 heteroatoms. The molecule has 64 valence electrons. The summed E-state index contributed by atoms with van der Waals surface area (Å²) in [5.74, 6) is 0.325. The molecule has 1 heterocycles. The molecule has 1 aromatic heterocycles. The molecule has 1 saturated carbocycles. The predicted molar refractivity (Wildman–Crippen MR) is 46.9 cm³/mol. The maximum atomic E-state index is 9.85. The minimum Gasteiger partial charge on any atom is -0.383 e. The average molecular weight is 184 g/mol. The van der Waals surface area contributed by atoms with Crippen LogP contribution in [0.25, 0.3) is 0 Å². The Labute approximate surface area is 76.2 Å². The maximum absolute atomic E-state index is 9.85. The van der Waals surface area contributed by atoms with Gasteiger partial charge < -0.3 is 5.11 Å². The van der Waals surface area contributed by atoms with E-state index in [4.69, 9.17) is 11.6 Å². The highest BCUT2D eigenvalue weighted by atomic mass is 35.5. The molecular formula is C9H10ClNO. The van der Waals surface area contributed by atoms with E-state index in [0.717, 1.165) is 12.1 Å². The SMILES string of the molecule is CC1CC1(O)c1ccc(Cl)cn1. The normalized spacial score (nSPS) is 33.4. The summed E-state index contributed by atoms with van der Waals surface area (Å²) in [6.07, 6.45) is 2.38. The van der Waals surface area contributed by atoms with Crippen LogP contribution in [0, 0.1) is 5.92 Å². The average Bonchev–Trinajstić information content (AvgIpc) is 2.62. The Morgan fingerprint density at radius 1 is 1.67 bits per heavy atom. The highest BCUT2D eigenvalue weighted by Gasteiger charge is 2.52.